The molecule has 0 atom stereocenters. The Bertz CT molecular complexity index is 895. The lowest BCUT2D eigenvalue weighted by Gasteiger charge is -2.05. The van der Waals surface area contributed by atoms with Crippen LogP contribution >= 0.6 is 11.6 Å². The van der Waals surface area contributed by atoms with Gasteiger partial charge in [0.2, 0.25) is 0 Å². The van der Waals surface area contributed by atoms with Gasteiger partial charge in [0.25, 0.3) is 5.91 Å². The molecule has 0 aliphatic heterocycles. The molecule has 2 aromatic carbocycles. The monoisotopic (exact) mass is 345 g/mol. The Morgan fingerprint density at radius 2 is 2.08 bits per heavy atom. The zero-order valence-corrected chi connectivity index (χ0v) is 13.4. The summed E-state index contributed by atoms with van der Waals surface area (Å²) in [6, 6.07) is 11.2. The Morgan fingerprint density at radius 1 is 1.29 bits per heavy atom. The molecule has 0 radical (unpaired) electrons. The van der Waals surface area contributed by atoms with E-state index in [1.54, 1.807) is 23.0 Å². The quantitative estimate of drug-likeness (QED) is 0.779. The van der Waals surface area contributed by atoms with Gasteiger partial charge in [0.15, 0.2) is 11.6 Å². The zero-order chi connectivity index (χ0) is 17.1. The summed E-state index contributed by atoms with van der Waals surface area (Å²) in [5.41, 5.74) is 1.34. The predicted molar refractivity (Wildman–Crippen MR) is 89.5 cm³/mol. The van der Waals surface area contributed by atoms with Crippen molar-refractivity contribution >= 4 is 23.2 Å². The summed E-state index contributed by atoms with van der Waals surface area (Å²) in [4.78, 5) is 12.2. The van der Waals surface area contributed by atoms with Crippen molar-refractivity contribution in [3.63, 3.8) is 0 Å². The van der Waals surface area contributed by atoms with Crippen molar-refractivity contribution < 1.29 is 13.9 Å². The third-order valence-electron chi connectivity index (χ3n) is 3.35. The Morgan fingerprint density at radius 3 is 2.79 bits per heavy atom. The van der Waals surface area contributed by atoms with Crippen LogP contribution in [-0.4, -0.2) is 22.8 Å². The van der Waals surface area contributed by atoms with Gasteiger partial charge in [-0.3, -0.25) is 4.79 Å². The van der Waals surface area contributed by atoms with E-state index in [4.69, 9.17) is 16.3 Å². The number of nitrogens with zero attached hydrogens (tertiary/aromatic N) is 2. The number of rotatable bonds is 4. The van der Waals surface area contributed by atoms with Crippen LogP contribution in [0.25, 0.3) is 5.69 Å². The molecule has 3 rings (SSSR count). The fourth-order valence-electron chi connectivity index (χ4n) is 2.17. The van der Waals surface area contributed by atoms with Crippen LogP contribution in [0.3, 0.4) is 0 Å². The summed E-state index contributed by atoms with van der Waals surface area (Å²) in [5.74, 6) is -0.967. The fraction of sp³-hybridized carbons (Fsp3) is 0.0588. The Kier molecular flexibility index (Phi) is 4.48. The molecule has 0 aliphatic rings. The van der Waals surface area contributed by atoms with Crippen LogP contribution < -0.4 is 10.1 Å². The van der Waals surface area contributed by atoms with Crippen LogP contribution in [-0.2, 0) is 0 Å². The zero-order valence-electron chi connectivity index (χ0n) is 12.7. The van der Waals surface area contributed by atoms with Gasteiger partial charge in [0, 0.05) is 5.56 Å². The van der Waals surface area contributed by atoms with Gasteiger partial charge in [-0.1, -0.05) is 23.7 Å². The summed E-state index contributed by atoms with van der Waals surface area (Å²) < 4.78 is 20.1. The highest BCUT2D eigenvalue weighted by atomic mass is 35.5. The molecule has 0 saturated carbocycles. The van der Waals surface area contributed by atoms with Crippen molar-refractivity contribution in [1.82, 2.24) is 9.78 Å². The van der Waals surface area contributed by atoms with E-state index < -0.39 is 11.7 Å². The first-order valence-electron chi connectivity index (χ1n) is 7.03. The van der Waals surface area contributed by atoms with Crippen LogP contribution in [0.4, 0.5) is 10.1 Å². The summed E-state index contributed by atoms with van der Waals surface area (Å²) in [6.45, 7) is 0. The summed E-state index contributed by atoms with van der Waals surface area (Å²) in [5, 5.41) is 7.36. The Hall–Kier alpha value is -2.86. The first-order chi connectivity index (χ1) is 11.6. The number of methoxy groups -OCH3 is 1. The van der Waals surface area contributed by atoms with Gasteiger partial charge in [-0.2, -0.15) is 5.10 Å². The Balaban J connectivity index is 1.78. The molecule has 1 aromatic heterocycles. The van der Waals surface area contributed by atoms with Crippen molar-refractivity contribution in [1.29, 1.82) is 0 Å². The number of para-hydroxylation sites is 1. The van der Waals surface area contributed by atoms with Crippen molar-refractivity contribution in [3.8, 4) is 11.4 Å². The van der Waals surface area contributed by atoms with E-state index in [0.717, 1.165) is 6.07 Å². The highest BCUT2D eigenvalue weighted by molar-refractivity contribution is 6.32. The molecule has 1 amide bonds. The predicted octanol–water partition coefficient (Wildman–Crippen LogP) is 3.93. The van der Waals surface area contributed by atoms with Gasteiger partial charge in [0.1, 0.15) is 0 Å². The lowest BCUT2D eigenvalue weighted by molar-refractivity contribution is 0.102. The van der Waals surface area contributed by atoms with Crippen LogP contribution in [0.2, 0.25) is 5.02 Å². The van der Waals surface area contributed by atoms with Crippen LogP contribution in [0.5, 0.6) is 5.75 Å². The van der Waals surface area contributed by atoms with Crippen molar-refractivity contribution in [3.05, 3.63) is 71.3 Å². The molecule has 24 heavy (non-hydrogen) atoms. The average molecular weight is 346 g/mol. The molecule has 1 heterocycles. The molecule has 0 unspecified atom stereocenters. The number of halogens is 2. The molecular weight excluding hydrogens is 333 g/mol. The molecule has 3 aromatic rings. The molecule has 0 aliphatic carbocycles. The maximum absolute atomic E-state index is 13.7. The van der Waals surface area contributed by atoms with E-state index >= 15 is 0 Å². The molecule has 1 N–H and O–H groups in total. The Labute approximate surface area is 142 Å². The van der Waals surface area contributed by atoms with E-state index in [0.29, 0.717) is 16.4 Å². The van der Waals surface area contributed by atoms with E-state index in [2.05, 4.69) is 10.4 Å². The number of benzene rings is 2. The number of anilines is 1. The number of carbonyl (C=O) groups is 1. The highest BCUT2D eigenvalue weighted by Crippen LogP contribution is 2.21. The second-order valence-electron chi connectivity index (χ2n) is 4.93. The molecule has 0 bridgehead atoms. The van der Waals surface area contributed by atoms with Crippen molar-refractivity contribution in [2.75, 3.05) is 12.4 Å². The fourth-order valence-corrected chi connectivity index (χ4v) is 2.39. The summed E-state index contributed by atoms with van der Waals surface area (Å²) in [6.07, 6.45) is 3.11. The summed E-state index contributed by atoms with van der Waals surface area (Å²) in [7, 11) is 1.36. The number of amides is 1. The SMILES string of the molecule is COc1ccc(C(=O)Nc2cnn(-c3ccccc3Cl)c2)cc1F. The smallest absolute Gasteiger partial charge is 0.255 e. The second kappa shape index (κ2) is 6.72. The largest absolute Gasteiger partial charge is 0.494 e. The molecule has 0 fully saturated rings. The van der Waals surface area contributed by atoms with E-state index in [9.17, 15) is 9.18 Å². The molecule has 0 spiro atoms. The van der Waals surface area contributed by atoms with E-state index in [-0.39, 0.29) is 11.3 Å². The van der Waals surface area contributed by atoms with Crippen LogP contribution in [0.15, 0.2) is 54.9 Å². The van der Waals surface area contributed by atoms with Gasteiger partial charge < -0.3 is 10.1 Å². The maximum atomic E-state index is 13.7. The first kappa shape index (κ1) is 16.0. The van der Waals surface area contributed by atoms with Crippen LogP contribution in [0.1, 0.15) is 10.4 Å². The number of carbonyl (C=O) groups excluding carboxylic acids is 1. The minimum Gasteiger partial charge on any atom is -0.494 e. The number of hydrogen-bond acceptors (Lipinski definition) is 3. The first-order valence-corrected chi connectivity index (χ1v) is 7.41. The number of hydrogen-bond donors (Lipinski definition) is 1. The summed E-state index contributed by atoms with van der Waals surface area (Å²) >= 11 is 6.11. The van der Waals surface area contributed by atoms with Crippen molar-refractivity contribution in [2.24, 2.45) is 0 Å². The maximum Gasteiger partial charge on any atom is 0.255 e. The number of nitrogens with one attached hydrogen (secondary N) is 1. The third kappa shape index (κ3) is 3.23. The molecule has 0 saturated heterocycles. The minimum atomic E-state index is -0.600. The average Bonchev–Trinajstić information content (AvgIpc) is 3.03. The lowest BCUT2D eigenvalue weighted by Crippen LogP contribution is -2.11. The third-order valence-corrected chi connectivity index (χ3v) is 3.67. The lowest BCUT2D eigenvalue weighted by atomic mass is 10.2. The molecule has 5 nitrogen and oxygen atoms in total. The van der Waals surface area contributed by atoms with Gasteiger partial charge in [0.05, 0.1) is 35.9 Å². The normalized spacial score (nSPS) is 10.5. The van der Waals surface area contributed by atoms with Crippen molar-refractivity contribution in [2.45, 2.75) is 0 Å². The van der Waals surface area contributed by atoms with Gasteiger partial charge in [-0.25, -0.2) is 9.07 Å². The van der Waals surface area contributed by atoms with Crippen LogP contribution in [0, 0.1) is 5.82 Å². The van der Waals surface area contributed by atoms with E-state index in [1.807, 2.05) is 12.1 Å². The number of aromatic nitrogens is 2. The van der Waals surface area contributed by atoms with Gasteiger partial charge in [-0.05, 0) is 30.3 Å². The topological polar surface area (TPSA) is 56.1 Å². The molecule has 122 valence electrons. The molecule has 7 heteroatoms. The standard InChI is InChI=1S/C17H13ClFN3O2/c1-24-16-7-6-11(8-14(16)19)17(23)21-12-9-20-22(10-12)15-5-3-2-4-13(15)18/h2-10H,1H3,(H,21,23). The number of ether oxygens (including phenoxy) is 1. The van der Waals surface area contributed by atoms with Gasteiger partial charge in [-0.15, -0.1) is 0 Å². The highest BCUT2D eigenvalue weighted by Gasteiger charge is 2.12. The van der Waals surface area contributed by atoms with E-state index in [1.165, 1.54) is 25.4 Å². The second-order valence-corrected chi connectivity index (χ2v) is 5.34. The minimum absolute atomic E-state index is 0.0816. The van der Waals surface area contributed by atoms with Gasteiger partial charge >= 0.3 is 0 Å². The molecular formula is C17H13ClFN3O2.